The summed E-state index contributed by atoms with van der Waals surface area (Å²) in [5.41, 5.74) is 4.26. The molecule has 0 saturated heterocycles. The third kappa shape index (κ3) is 18.9. The standard InChI is InChI=1S/C51H68O6/c1-3-5-7-9-11-13-15-20-40-54-46-32-24-42(25-33-46)44-28-36-48(37-29-44)56-50(52)22-18-17-19-23-51(53)57-49-38-30-45(31-39-49)43-26-34-47(35-27-43)55-41-21-16-14-12-10-8-6-4-2/h24-39H,3-23,40-41H2,1-2H3. The molecule has 0 atom stereocenters. The number of benzene rings is 4. The summed E-state index contributed by atoms with van der Waals surface area (Å²) in [4.78, 5) is 24.9. The molecule has 0 aromatic heterocycles. The molecular formula is C51H68O6. The highest BCUT2D eigenvalue weighted by Crippen LogP contribution is 2.27. The van der Waals surface area contributed by atoms with Gasteiger partial charge in [-0.15, -0.1) is 0 Å². The van der Waals surface area contributed by atoms with Crippen molar-refractivity contribution in [1.29, 1.82) is 0 Å². The molecule has 308 valence electrons. The predicted molar refractivity (Wildman–Crippen MR) is 234 cm³/mol. The Morgan fingerprint density at radius 2 is 0.596 bits per heavy atom. The molecule has 0 bridgehead atoms. The lowest BCUT2D eigenvalue weighted by Crippen LogP contribution is -2.09. The Morgan fingerprint density at radius 1 is 0.333 bits per heavy atom. The van der Waals surface area contributed by atoms with E-state index in [1.54, 1.807) is 0 Å². The Balaban J connectivity index is 1.03. The van der Waals surface area contributed by atoms with Crippen molar-refractivity contribution in [3.05, 3.63) is 97.1 Å². The molecule has 4 aromatic rings. The van der Waals surface area contributed by atoms with Crippen LogP contribution in [0.2, 0.25) is 0 Å². The Labute approximate surface area is 343 Å². The lowest BCUT2D eigenvalue weighted by atomic mass is 10.1. The van der Waals surface area contributed by atoms with Gasteiger partial charge in [0.25, 0.3) is 0 Å². The first-order chi connectivity index (χ1) is 28.0. The monoisotopic (exact) mass is 777 g/mol. The number of ether oxygens (including phenoxy) is 4. The highest BCUT2D eigenvalue weighted by molar-refractivity contribution is 5.74. The van der Waals surface area contributed by atoms with Crippen LogP contribution in [0.1, 0.15) is 149 Å². The van der Waals surface area contributed by atoms with E-state index in [1.165, 1.54) is 89.9 Å². The number of carbonyl (C=O) groups is 2. The maximum Gasteiger partial charge on any atom is 0.311 e. The van der Waals surface area contributed by atoms with Gasteiger partial charge in [0.2, 0.25) is 0 Å². The van der Waals surface area contributed by atoms with Gasteiger partial charge in [-0.25, -0.2) is 0 Å². The van der Waals surface area contributed by atoms with E-state index in [2.05, 4.69) is 38.1 Å². The van der Waals surface area contributed by atoms with Gasteiger partial charge in [0, 0.05) is 12.8 Å². The first kappa shape index (κ1) is 45.1. The minimum Gasteiger partial charge on any atom is -0.494 e. The van der Waals surface area contributed by atoms with Gasteiger partial charge in [0.1, 0.15) is 23.0 Å². The van der Waals surface area contributed by atoms with Crippen molar-refractivity contribution >= 4 is 11.9 Å². The first-order valence-corrected chi connectivity index (χ1v) is 22.1. The third-order valence-corrected chi connectivity index (χ3v) is 10.3. The van der Waals surface area contributed by atoms with Gasteiger partial charge >= 0.3 is 11.9 Å². The second-order valence-electron chi connectivity index (χ2n) is 15.3. The lowest BCUT2D eigenvalue weighted by molar-refractivity contribution is -0.134. The van der Waals surface area contributed by atoms with Crippen LogP contribution < -0.4 is 18.9 Å². The Morgan fingerprint density at radius 3 is 0.912 bits per heavy atom. The average Bonchev–Trinajstić information content (AvgIpc) is 3.23. The molecule has 6 nitrogen and oxygen atoms in total. The highest BCUT2D eigenvalue weighted by Gasteiger charge is 2.09. The van der Waals surface area contributed by atoms with Crippen LogP contribution in [0.15, 0.2) is 97.1 Å². The minimum absolute atomic E-state index is 0.274. The van der Waals surface area contributed by atoms with E-state index < -0.39 is 0 Å². The first-order valence-electron chi connectivity index (χ1n) is 22.1. The minimum atomic E-state index is -0.274. The second-order valence-corrected chi connectivity index (χ2v) is 15.3. The van der Waals surface area contributed by atoms with Gasteiger partial charge in [0.05, 0.1) is 13.2 Å². The molecule has 57 heavy (non-hydrogen) atoms. The van der Waals surface area contributed by atoms with E-state index in [9.17, 15) is 9.59 Å². The number of hydrogen-bond acceptors (Lipinski definition) is 6. The molecule has 0 radical (unpaired) electrons. The molecule has 0 N–H and O–H groups in total. The number of esters is 2. The molecule has 0 aliphatic rings. The molecule has 0 unspecified atom stereocenters. The number of unbranched alkanes of at least 4 members (excludes halogenated alkanes) is 16. The van der Waals surface area contributed by atoms with Crippen LogP contribution in [0, 0.1) is 0 Å². The Kier molecular flexibility index (Phi) is 22.1. The maximum atomic E-state index is 12.5. The van der Waals surface area contributed by atoms with Crippen LogP contribution in [-0.2, 0) is 9.59 Å². The molecule has 4 rings (SSSR count). The zero-order chi connectivity index (χ0) is 40.2. The molecule has 0 amide bonds. The summed E-state index contributed by atoms with van der Waals surface area (Å²) in [6, 6.07) is 31.5. The van der Waals surface area contributed by atoms with Gasteiger partial charge < -0.3 is 18.9 Å². The summed E-state index contributed by atoms with van der Waals surface area (Å²) < 4.78 is 23.0. The van der Waals surface area contributed by atoms with Crippen LogP contribution in [0.3, 0.4) is 0 Å². The van der Waals surface area contributed by atoms with Crippen LogP contribution in [0.4, 0.5) is 0 Å². The van der Waals surface area contributed by atoms with E-state index in [1.807, 2.05) is 72.8 Å². The fraction of sp³-hybridized carbons (Fsp3) is 0.490. The SMILES string of the molecule is CCCCCCCCCCOc1ccc(-c2ccc(OC(=O)CCCCCC(=O)Oc3ccc(-c4ccc(OCCCCCCCCCC)cc4)cc3)cc2)cc1. The quantitative estimate of drug-likeness (QED) is 0.0298. The number of rotatable bonds is 30. The van der Waals surface area contributed by atoms with Gasteiger partial charge in [-0.2, -0.15) is 0 Å². The fourth-order valence-corrected chi connectivity index (χ4v) is 6.85. The van der Waals surface area contributed by atoms with Crippen molar-refractivity contribution in [1.82, 2.24) is 0 Å². The molecule has 0 aliphatic carbocycles. The van der Waals surface area contributed by atoms with Crippen LogP contribution in [0.5, 0.6) is 23.0 Å². The van der Waals surface area contributed by atoms with E-state index in [0.29, 0.717) is 37.2 Å². The Bertz CT molecular complexity index is 1520. The summed E-state index contributed by atoms with van der Waals surface area (Å²) in [6.45, 7) is 6.02. The lowest BCUT2D eigenvalue weighted by Gasteiger charge is -2.09. The third-order valence-electron chi connectivity index (χ3n) is 10.3. The molecule has 0 heterocycles. The van der Waals surface area contributed by atoms with Crippen LogP contribution in [-0.4, -0.2) is 25.2 Å². The van der Waals surface area contributed by atoms with Gasteiger partial charge in [-0.05, 0) is 96.5 Å². The molecule has 0 spiro atoms. The normalized spacial score (nSPS) is 11.0. The zero-order valence-corrected chi connectivity index (χ0v) is 35.0. The summed E-state index contributed by atoms with van der Waals surface area (Å²) in [5, 5.41) is 0. The molecule has 0 fully saturated rings. The van der Waals surface area contributed by atoms with E-state index in [4.69, 9.17) is 18.9 Å². The topological polar surface area (TPSA) is 71.1 Å². The smallest absolute Gasteiger partial charge is 0.311 e. The fourth-order valence-electron chi connectivity index (χ4n) is 6.85. The maximum absolute atomic E-state index is 12.5. The van der Waals surface area contributed by atoms with Crippen molar-refractivity contribution in [3.8, 4) is 45.3 Å². The Hall–Kier alpha value is -4.58. The van der Waals surface area contributed by atoms with E-state index >= 15 is 0 Å². The van der Waals surface area contributed by atoms with E-state index in [-0.39, 0.29) is 11.9 Å². The van der Waals surface area contributed by atoms with Crippen molar-refractivity contribution in [3.63, 3.8) is 0 Å². The summed E-state index contributed by atoms with van der Waals surface area (Å²) in [5.74, 6) is 2.29. The van der Waals surface area contributed by atoms with Crippen molar-refractivity contribution in [2.75, 3.05) is 13.2 Å². The number of hydrogen-bond donors (Lipinski definition) is 0. The summed E-state index contributed by atoms with van der Waals surface area (Å²) >= 11 is 0. The van der Waals surface area contributed by atoms with Crippen molar-refractivity contribution < 1.29 is 28.5 Å². The summed E-state index contributed by atoms with van der Waals surface area (Å²) in [7, 11) is 0. The largest absolute Gasteiger partial charge is 0.494 e. The second kappa shape index (κ2) is 27.9. The molecule has 0 aliphatic heterocycles. The molecule has 4 aromatic carbocycles. The predicted octanol–water partition coefficient (Wildman–Crippen LogP) is 14.5. The summed E-state index contributed by atoms with van der Waals surface area (Å²) in [6.07, 6.45) is 23.2. The molecular weight excluding hydrogens is 709 g/mol. The van der Waals surface area contributed by atoms with Gasteiger partial charge in [-0.1, -0.05) is 159 Å². The number of carbonyl (C=O) groups excluding carboxylic acids is 2. The molecule has 0 saturated carbocycles. The van der Waals surface area contributed by atoms with Gasteiger partial charge in [-0.3, -0.25) is 9.59 Å². The van der Waals surface area contributed by atoms with Crippen LogP contribution >= 0.6 is 0 Å². The van der Waals surface area contributed by atoms with Crippen molar-refractivity contribution in [2.45, 2.75) is 149 Å². The van der Waals surface area contributed by atoms with Crippen LogP contribution in [0.25, 0.3) is 22.3 Å². The van der Waals surface area contributed by atoms with Gasteiger partial charge in [0.15, 0.2) is 0 Å². The van der Waals surface area contributed by atoms with E-state index in [0.717, 1.165) is 66.2 Å². The zero-order valence-electron chi connectivity index (χ0n) is 35.0. The highest BCUT2D eigenvalue weighted by atomic mass is 16.5. The molecule has 6 heteroatoms. The van der Waals surface area contributed by atoms with Crippen molar-refractivity contribution in [2.24, 2.45) is 0 Å². The average molecular weight is 777 g/mol.